The first-order chi connectivity index (χ1) is 23.3. The number of pyridine rings is 1. The molecule has 5 aromatic rings. The van der Waals surface area contributed by atoms with Crippen LogP contribution in [0.25, 0.3) is 27.0 Å². The van der Waals surface area contributed by atoms with Gasteiger partial charge >= 0.3 is 0 Å². The summed E-state index contributed by atoms with van der Waals surface area (Å²) in [5.74, 6) is 3.71. The molecule has 5 aliphatic rings. The summed E-state index contributed by atoms with van der Waals surface area (Å²) in [6.45, 7) is 11.4. The van der Waals surface area contributed by atoms with E-state index in [0.717, 1.165) is 98.8 Å². The third-order valence-corrected chi connectivity index (χ3v) is 12.9. The third-order valence-electron chi connectivity index (χ3n) is 12.0. The van der Waals surface area contributed by atoms with E-state index in [1.807, 2.05) is 18.2 Å². The van der Waals surface area contributed by atoms with Gasteiger partial charge in [-0.2, -0.15) is 5.26 Å². The molecule has 48 heavy (non-hydrogen) atoms. The normalized spacial score (nSPS) is 24.1. The molecule has 0 radical (unpaired) electrons. The Kier molecular flexibility index (Phi) is 7.02. The summed E-state index contributed by atoms with van der Waals surface area (Å²) in [5.41, 5.74) is 11.3. The van der Waals surface area contributed by atoms with Gasteiger partial charge in [-0.1, -0.05) is 48.2 Å². The average Bonchev–Trinajstić information content (AvgIpc) is 3.62. The Bertz CT molecular complexity index is 2060. The van der Waals surface area contributed by atoms with Crippen LogP contribution in [0.15, 0.2) is 67.2 Å². The van der Waals surface area contributed by atoms with Crippen molar-refractivity contribution in [1.82, 2.24) is 14.5 Å². The van der Waals surface area contributed by atoms with Crippen LogP contribution in [0.3, 0.4) is 0 Å². The zero-order valence-electron chi connectivity index (χ0n) is 27.9. The molecule has 4 heterocycles. The third kappa shape index (κ3) is 5.04. The van der Waals surface area contributed by atoms with Crippen molar-refractivity contribution >= 4 is 38.2 Å². The van der Waals surface area contributed by atoms with E-state index in [-0.39, 0.29) is 0 Å². The number of hydrogen-bond acceptors (Lipinski definition) is 6. The summed E-state index contributed by atoms with van der Waals surface area (Å²) < 4.78 is 3.52. The fourth-order valence-corrected chi connectivity index (χ4v) is 11.1. The van der Waals surface area contributed by atoms with Gasteiger partial charge in [0.2, 0.25) is 0 Å². The lowest BCUT2D eigenvalue weighted by Crippen LogP contribution is -2.48. The number of rotatable bonds is 7. The Labute approximate surface area is 287 Å². The van der Waals surface area contributed by atoms with Crippen molar-refractivity contribution < 1.29 is 0 Å². The number of anilines is 2. The maximum absolute atomic E-state index is 10.3. The van der Waals surface area contributed by atoms with Crippen molar-refractivity contribution in [2.75, 3.05) is 16.8 Å². The number of fused-ring (bicyclic) bond motifs is 2. The molecule has 4 saturated carbocycles. The fraction of sp³-hybridized carbons (Fsp3) is 0.390. The Hall–Kier alpha value is -4.41. The number of para-hydroxylation sites is 1. The highest BCUT2D eigenvalue weighted by Crippen LogP contribution is 2.60. The van der Waals surface area contributed by atoms with Crippen LogP contribution in [-0.2, 0) is 19.5 Å². The minimum atomic E-state index is 0.372. The number of aryl methyl sites for hydroxylation is 1. The molecular formula is C41H42N6S. The summed E-state index contributed by atoms with van der Waals surface area (Å²) in [6, 6.07) is 23.8. The first-order valence-corrected chi connectivity index (χ1v) is 18.4. The molecule has 0 atom stereocenters. The SMILES string of the molecule is C=C(Nc1nc2ccccc2s1)c1cccc2c1CN(c1ccc(-c3cc(C#N)n(CC45CC6CC(CC(C6)C4)C5)c3C)c(C)n1)CC2. The van der Waals surface area contributed by atoms with Crippen LogP contribution in [0.1, 0.15) is 72.3 Å². The molecule has 0 unspecified atom stereocenters. The molecule has 4 aliphatic carbocycles. The Morgan fingerprint density at radius 1 is 0.979 bits per heavy atom. The Morgan fingerprint density at radius 3 is 2.48 bits per heavy atom. The lowest BCUT2D eigenvalue weighted by atomic mass is 9.49. The van der Waals surface area contributed by atoms with Gasteiger partial charge in [0, 0.05) is 53.4 Å². The second kappa shape index (κ2) is 11.3. The van der Waals surface area contributed by atoms with Crippen LogP contribution >= 0.6 is 11.3 Å². The quantitative estimate of drug-likeness (QED) is 0.190. The number of nitrogens with zero attached hydrogens (tertiary/aromatic N) is 5. The number of benzene rings is 2. The molecule has 4 bridgehead atoms. The monoisotopic (exact) mass is 650 g/mol. The van der Waals surface area contributed by atoms with Crippen LogP contribution < -0.4 is 10.2 Å². The van der Waals surface area contributed by atoms with Gasteiger partial charge < -0.3 is 14.8 Å². The molecule has 3 aromatic heterocycles. The van der Waals surface area contributed by atoms with Crippen LogP contribution in [0.5, 0.6) is 0 Å². The van der Waals surface area contributed by atoms with Crippen molar-refractivity contribution in [2.45, 2.75) is 71.9 Å². The molecule has 0 spiro atoms. The van der Waals surface area contributed by atoms with Gasteiger partial charge in [0.1, 0.15) is 17.6 Å². The summed E-state index contributed by atoms with van der Waals surface area (Å²) in [6.07, 6.45) is 9.32. The number of thiazole rings is 1. The Morgan fingerprint density at radius 2 is 1.75 bits per heavy atom. The molecule has 242 valence electrons. The van der Waals surface area contributed by atoms with Crippen molar-refractivity contribution in [1.29, 1.82) is 5.26 Å². The largest absolute Gasteiger partial charge is 0.352 e. The van der Waals surface area contributed by atoms with E-state index in [1.54, 1.807) is 11.3 Å². The highest BCUT2D eigenvalue weighted by atomic mass is 32.1. The molecule has 7 heteroatoms. The predicted molar refractivity (Wildman–Crippen MR) is 196 cm³/mol. The van der Waals surface area contributed by atoms with Crippen molar-refractivity contribution in [3.63, 3.8) is 0 Å². The minimum Gasteiger partial charge on any atom is -0.352 e. The van der Waals surface area contributed by atoms with Gasteiger partial charge in [-0.25, -0.2) is 9.97 Å². The zero-order valence-corrected chi connectivity index (χ0v) is 28.7. The van der Waals surface area contributed by atoms with Crippen LogP contribution in [0.4, 0.5) is 10.9 Å². The number of hydrogen-bond donors (Lipinski definition) is 1. The van der Waals surface area contributed by atoms with E-state index in [4.69, 9.17) is 9.97 Å². The van der Waals surface area contributed by atoms with E-state index >= 15 is 0 Å². The highest BCUT2D eigenvalue weighted by molar-refractivity contribution is 7.22. The summed E-state index contributed by atoms with van der Waals surface area (Å²) in [4.78, 5) is 12.3. The average molecular weight is 651 g/mol. The maximum atomic E-state index is 10.3. The van der Waals surface area contributed by atoms with Crippen LogP contribution in [0, 0.1) is 48.3 Å². The van der Waals surface area contributed by atoms with E-state index in [9.17, 15) is 5.26 Å². The highest BCUT2D eigenvalue weighted by Gasteiger charge is 2.51. The first kappa shape index (κ1) is 29.7. The standard InChI is InChI=1S/C41H42N6S/c1-25-34(35-18-32(22-42)47(27(35)3)24-41-19-28-15-29(20-41)17-30(16-28)21-41)11-12-39(43-25)46-14-13-31-7-6-8-33(36(31)23-46)26(2)44-40-45-37-9-4-5-10-38(37)48-40/h4-12,18,28-30H,2,13-17,19-21,23-24H2,1,3H3,(H,44,45). The molecule has 6 nitrogen and oxygen atoms in total. The van der Waals surface area contributed by atoms with Crippen molar-refractivity contribution in [2.24, 2.45) is 23.2 Å². The topological polar surface area (TPSA) is 69.8 Å². The summed E-state index contributed by atoms with van der Waals surface area (Å²) in [5, 5.41) is 14.6. The lowest BCUT2D eigenvalue weighted by Gasteiger charge is -2.57. The molecule has 4 fully saturated rings. The Balaban J connectivity index is 0.963. The fourth-order valence-electron chi connectivity index (χ4n) is 10.2. The molecular weight excluding hydrogens is 609 g/mol. The second-order valence-electron chi connectivity index (χ2n) is 15.2. The van der Waals surface area contributed by atoms with E-state index in [0.29, 0.717) is 5.41 Å². The molecule has 1 aliphatic heterocycles. The minimum absolute atomic E-state index is 0.372. The van der Waals surface area contributed by atoms with Gasteiger partial charge in [-0.15, -0.1) is 0 Å². The van der Waals surface area contributed by atoms with Gasteiger partial charge in [0.05, 0.1) is 10.2 Å². The van der Waals surface area contributed by atoms with Crippen LogP contribution in [0.2, 0.25) is 0 Å². The molecule has 1 N–H and O–H groups in total. The molecule has 2 aromatic carbocycles. The molecule has 0 amide bonds. The maximum Gasteiger partial charge on any atom is 0.188 e. The van der Waals surface area contributed by atoms with E-state index in [1.165, 1.54) is 55.3 Å². The molecule has 0 saturated heterocycles. The number of nitriles is 1. The zero-order chi connectivity index (χ0) is 32.6. The van der Waals surface area contributed by atoms with E-state index < -0.39 is 0 Å². The van der Waals surface area contributed by atoms with Crippen molar-refractivity contribution in [3.8, 4) is 17.2 Å². The molecule has 10 rings (SSSR count). The predicted octanol–water partition coefficient (Wildman–Crippen LogP) is 9.51. The first-order valence-electron chi connectivity index (χ1n) is 17.6. The smallest absolute Gasteiger partial charge is 0.188 e. The van der Waals surface area contributed by atoms with Crippen LogP contribution in [-0.4, -0.2) is 21.1 Å². The lowest BCUT2D eigenvalue weighted by molar-refractivity contribution is -0.0621. The number of nitrogens with one attached hydrogen (secondary N) is 1. The van der Waals surface area contributed by atoms with E-state index in [2.05, 4.69) is 83.7 Å². The van der Waals surface area contributed by atoms with Gasteiger partial charge in [0.25, 0.3) is 0 Å². The van der Waals surface area contributed by atoms with Gasteiger partial charge in [0.15, 0.2) is 5.13 Å². The second-order valence-corrected chi connectivity index (χ2v) is 16.2. The van der Waals surface area contributed by atoms with Crippen molar-refractivity contribution in [3.05, 3.63) is 101 Å². The summed E-state index contributed by atoms with van der Waals surface area (Å²) >= 11 is 1.65. The number of aromatic nitrogens is 3. The van der Waals surface area contributed by atoms with Gasteiger partial charge in [-0.3, -0.25) is 0 Å². The summed E-state index contributed by atoms with van der Waals surface area (Å²) in [7, 11) is 0. The van der Waals surface area contributed by atoms with Gasteiger partial charge in [-0.05, 0) is 123 Å².